The minimum absolute atomic E-state index is 0.657. The van der Waals surface area contributed by atoms with E-state index in [9.17, 15) is 0 Å². The largest absolute Gasteiger partial charge is 0.455 e. The molecule has 0 fully saturated rings. The maximum absolute atomic E-state index is 6.23. The highest BCUT2D eigenvalue weighted by Gasteiger charge is 2.13. The molecule has 0 saturated carbocycles. The second kappa shape index (κ2) is 5.01. The molecule has 0 amide bonds. The zero-order chi connectivity index (χ0) is 15.3. The van der Waals surface area contributed by atoms with Crippen molar-refractivity contribution in [1.29, 1.82) is 0 Å². The first kappa shape index (κ1) is 13.6. The number of furan rings is 1. The Morgan fingerprint density at radius 1 is 1.00 bits per heavy atom. The zero-order valence-electron chi connectivity index (χ0n) is 11.7. The Morgan fingerprint density at radius 2 is 1.86 bits per heavy atom. The maximum atomic E-state index is 6.23. The molecule has 2 heterocycles. The molecular weight excluding hydrogens is 317 g/mol. The van der Waals surface area contributed by atoms with E-state index >= 15 is 0 Å². The molecule has 2 aromatic heterocycles. The molecule has 0 spiro atoms. The first-order chi connectivity index (χ1) is 10.6. The number of para-hydroxylation sites is 1. The van der Waals surface area contributed by atoms with Crippen molar-refractivity contribution >= 4 is 45.1 Å². The fraction of sp³-hybridized carbons (Fsp3) is 0.0556. The second-order valence-electron chi connectivity index (χ2n) is 5.24. The van der Waals surface area contributed by atoms with E-state index in [1.54, 1.807) is 6.20 Å². The lowest BCUT2D eigenvalue weighted by Gasteiger charge is -2.04. The van der Waals surface area contributed by atoms with Crippen LogP contribution in [-0.2, 0) is 0 Å². The van der Waals surface area contributed by atoms with Gasteiger partial charge >= 0.3 is 0 Å². The van der Waals surface area contributed by atoms with Crippen LogP contribution in [0.3, 0.4) is 0 Å². The molecule has 0 atom stereocenters. The van der Waals surface area contributed by atoms with Crippen LogP contribution in [0.5, 0.6) is 0 Å². The van der Waals surface area contributed by atoms with Crippen LogP contribution in [0.2, 0.25) is 10.0 Å². The van der Waals surface area contributed by atoms with Gasteiger partial charge in [0.1, 0.15) is 11.2 Å². The van der Waals surface area contributed by atoms with Crippen LogP contribution in [0.1, 0.15) is 5.56 Å². The van der Waals surface area contributed by atoms with Gasteiger partial charge in [-0.1, -0.05) is 35.3 Å². The van der Waals surface area contributed by atoms with E-state index in [4.69, 9.17) is 27.6 Å². The highest BCUT2D eigenvalue weighted by molar-refractivity contribution is 6.32. The average molecular weight is 328 g/mol. The quantitative estimate of drug-likeness (QED) is 0.412. The van der Waals surface area contributed by atoms with Crippen LogP contribution in [0.25, 0.3) is 33.2 Å². The molecule has 0 radical (unpaired) electrons. The topological polar surface area (TPSA) is 26.0 Å². The predicted octanol–water partition coefficient (Wildman–Crippen LogP) is 6.26. The van der Waals surface area contributed by atoms with Gasteiger partial charge in [-0.05, 0) is 36.8 Å². The molecule has 22 heavy (non-hydrogen) atoms. The van der Waals surface area contributed by atoms with Gasteiger partial charge in [-0.2, -0.15) is 0 Å². The van der Waals surface area contributed by atoms with Crippen molar-refractivity contribution in [2.75, 3.05) is 0 Å². The van der Waals surface area contributed by atoms with Gasteiger partial charge in [0.25, 0.3) is 0 Å². The molecule has 2 nitrogen and oxygen atoms in total. The number of pyridine rings is 1. The minimum atomic E-state index is 0.657. The van der Waals surface area contributed by atoms with Gasteiger partial charge in [-0.15, -0.1) is 0 Å². The molecule has 0 aliphatic carbocycles. The third-order valence-corrected chi connectivity index (χ3v) is 4.42. The number of halogens is 2. The van der Waals surface area contributed by atoms with E-state index in [1.807, 2.05) is 49.4 Å². The van der Waals surface area contributed by atoms with Crippen molar-refractivity contribution in [3.63, 3.8) is 0 Å². The number of nitrogens with zero attached hydrogens (tertiary/aromatic N) is 1. The number of benzene rings is 2. The van der Waals surface area contributed by atoms with E-state index < -0.39 is 0 Å². The zero-order valence-corrected chi connectivity index (χ0v) is 13.2. The summed E-state index contributed by atoms with van der Waals surface area (Å²) in [6.07, 6.45) is 1.77. The van der Waals surface area contributed by atoms with Crippen LogP contribution < -0.4 is 0 Å². The summed E-state index contributed by atoms with van der Waals surface area (Å²) in [6, 6.07) is 13.6. The minimum Gasteiger partial charge on any atom is -0.455 e. The van der Waals surface area contributed by atoms with Gasteiger partial charge in [0.2, 0.25) is 0 Å². The molecule has 0 saturated heterocycles. The van der Waals surface area contributed by atoms with Crippen molar-refractivity contribution in [2.24, 2.45) is 0 Å². The molecule has 108 valence electrons. The lowest BCUT2D eigenvalue weighted by molar-refractivity contribution is 0.670. The van der Waals surface area contributed by atoms with E-state index in [0.29, 0.717) is 10.0 Å². The molecule has 0 N–H and O–H groups in total. The summed E-state index contributed by atoms with van der Waals surface area (Å²) in [5, 5.41) is 3.44. The van der Waals surface area contributed by atoms with Crippen molar-refractivity contribution < 1.29 is 4.42 Å². The summed E-state index contributed by atoms with van der Waals surface area (Å²) < 4.78 is 6.02. The molecule has 0 bridgehead atoms. The highest BCUT2D eigenvalue weighted by atomic mass is 35.5. The number of hydrogen-bond donors (Lipinski definition) is 0. The summed E-state index contributed by atoms with van der Waals surface area (Å²) >= 11 is 12.3. The summed E-state index contributed by atoms with van der Waals surface area (Å²) in [7, 11) is 0. The van der Waals surface area contributed by atoms with Crippen molar-refractivity contribution in [2.45, 2.75) is 6.92 Å². The predicted molar refractivity (Wildman–Crippen MR) is 91.7 cm³/mol. The lowest BCUT2D eigenvalue weighted by atomic mass is 10.1. The monoisotopic (exact) mass is 327 g/mol. The standard InChI is InChI=1S/C18H11Cl2NO/c1-10-9-21-16(8-15(10)20)14-4-2-3-13-12-6-5-11(19)7-17(12)22-18(13)14/h2-9H,1H3. The summed E-state index contributed by atoms with van der Waals surface area (Å²) in [5.41, 5.74) is 4.24. The molecule has 4 rings (SSSR count). The van der Waals surface area contributed by atoms with Gasteiger partial charge in [0.05, 0.1) is 5.69 Å². The van der Waals surface area contributed by atoms with E-state index in [1.165, 1.54) is 0 Å². The van der Waals surface area contributed by atoms with Crippen LogP contribution in [-0.4, -0.2) is 4.98 Å². The van der Waals surface area contributed by atoms with E-state index in [2.05, 4.69) is 4.98 Å². The molecule has 0 aliphatic heterocycles. The van der Waals surface area contributed by atoms with E-state index in [-0.39, 0.29) is 0 Å². The van der Waals surface area contributed by atoms with E-state index in [0.717, 1.165) is 38.8 Å². The number of fused-ring (bicyclic) bond motifs is 3. The third kappa shape index (κ3) is 2.07. The lowest BCUT2D eigenvalue weighted by Crippen LogP contribution is -1.86. The van der Waals surface area contributed by atoms with Crippen LogP contribution in [0.15, 0.2) is 53.1 Å². The smallest absolute Gasteiger partial charge is 0.144 e. The average Bonchev–Trinajstić information content (AvgIpc) is 2.87. The molecule has 2 aromatic carbocycles. The number of rotatable bonds is 1. The number of aryl methyl sites for hydroxylation is 1. The summed E-state index contributed by atoms with van der Waals surface area (Å²) in [6.45, 7) is 1.93. The van der Waals surface area contributed by atoms with Gasteiger partial charge in [-0.25, -0.2) is 0 Å². The Labute approximate surface area is 137 Å². The Hall–Kier alpha value is -2.03. The third-order valence-electron chi connectivity index (χ3n) is 3.77. The van der Waals surface area contributed by atoms with Crippen LogP contribution in [0.4, 0.5) is 0 Å². The van der Waals surface area contributed by atoms with Crippen molar-refractivity contribution in [3.05, 3.63) is 64.3 Å². The first-order valence-corrected chi connectivity index (χ1v) is 7.62. The fourth-order valence-corrected chi connectivity index (χ4v) is 2.93. The fourth-order valence-electron chi connectivity index (χ4n) is 2.62. The Morgan fingerprint density at radius 3 is 2.68 bits per heavy atom. The van der Waals surface area contributed by atoms with Crippen molar-refractivity contribution in [3.8, 4) is 11.3 Å². The molecular formula is C18H11Cl2NO. The van der Waals surface area contributed by atoms with Gasteiger partial charge < -0.3 is 4.42 Å². The van der Waals surface area contributed by atoms with Crippen LogP contribution in [0, 0.1) is 6.92 Å². The number of hydrogen-bond acceptors (Lipinski definition) is 2. The van der Waals surface area contributed by atoms with Gasteiger partial charge in [-0.3, -0.25) is 4.98 Å². The maximum Gasteiger partial charge on any atom is 0.144 e. The summed E-state index contributed by atoms with van der Waals surface area (Å²) in [4.78, 5) is 4.48. The van der Waals surface area contributed by atoms with Gasteiger partial charge in [0.15, 0.2) is 0 Å². The molecule has 4 aromatic rings. The highest BCUT2D eigenvalue weighted by Crippen LogP contribution is 2.36. The normalized spacial score (nSPS) is 11.4. The molecule has 0 aliphatic rings. The Bertz CT molecular complexity index is 1020. The Balaban J connectivity index is 2.05. The van der Waals surface area contributed by atoms with Crippen molar-refractivity contribution in [1.82, 2.24) is 4.98 Å². The second-order valence-corrected chi connectivity index (χ2v) is 6.09. The van der Waals surface area contributed by atoms with Gasteiger partial charge in [0, 0.05) is 38.6 Å². The first-order valence-electron chi connectivity index (χ1n) is 6.87. The molecule has 4 heteroatoms. The number of aromatic nitrogens is 1. The SMILES string of the molecule is Cc1cnc(-c2cccc3c2oc2cc(Cl)ccc23)cc1Cl. The molecule has 0 unspecified atom stereocenters. The summed E-state index contributed by atoms with van der Waals surface area (Å²) in [5.74, 6) is 0. The Kier molecular flexibility index (Phi) is 3.10. The van der Waals surface area contributed by atoms with Crippen LogP contribution >= 0.6 is 23.2 Å².